The first-order chi connectivity index (χ1) is 16.4. The number of rotatable bonds is 6. The third-order valence-electron chi connectivity index (χ3n) is 7.62. The molecule has 1 saturated carbocycles. The van der Waals surface area contributed by atoms with Gasteiger partial charge in [-0.05, 0) is 69.0 Å². The summed E-state index contributed by atoms with van der Waals surface area (Å²) in [5.74, 6) is -0.213. The molecule has 0 spiro atoms. The molecule has 2 aliphatic rings. The molecule has 0 aromatic heterocycles. The zero-order chi connectivity index (χ0) is 24.3. The molecule has 2 fully saturated rings. The third kappa shape index (κ3) is 4.83. The number of nitrogens with zero attached hydrogens (tertiary/aromatic N) is 2. The lowest BCUT2D eigenvalue weighted by Gasteiger charge is -2.52. The van der Waals surface area contributed by atoms with Crippen LogP contribution in [0.25, 0.3) is 0 Å². The van der Waals surface area contributed by atoms with E-state index in [-0.39, 0.29) is 23.8 Å². The highest BCUT2D eigenvalue weighted by Crippen LogP contribution is 2.49. The Labute approximate surface area is 203 Å². The molecule has 2 aromatic carbocycles. The number of piperidine rings is 1. The molecule has 0 unspecified atom stereocenters. The van der Waals surface area contributed by atoms with Crippen LogP contribution in [-0.2, 0) is 4.79 Å². The number of anilines is 2. The van der Waals surface area contributed by atoms with Gasteiger partial charge in [0.2, 0.25) is 5.91 Å². The molecule has 1 aliphatic heterocycles. The highest BCUT2D eigenvalue weighted by atomic mass is 16.3. The Hall–Kier alpha value is -2.86. The van der Waals surface area contributed by atoms with E-state index in [1.54, 1.807) is 24.3 Å². The van der Waals surface area contributed by atoms with Crippen LogP contribution in [0.1, 0.15) is 74.8 Å². The van der Waals surface area contributed by atoms with Crippen LogP contribution in [0.3, 0.4) is 0 Å². The van der Waals surface area contributed by atoms with E-state index in [0.717, 1.165) is 44.3 Å². The van der Waals surface area contributed by atoms with E-state index in [9.17, 15) is 14.7 Å². The molecule has 1 heterocycles. The average molecular weight is 464 g/mol. The van der Waals surface area contributed by atoms with Crippen molar-refractivity contribution in [1.29, 1.82) is 0 Å². The van der Waals surface area contributed by atoms with Crippen molar-refractivity contribution >= 4 is 23.2 Å². The van der Waals surface area contributed by atoms with Gasteiger partial charge in [-0.2, -0.15) is 0 Å². The number of amides is 2. The maximum atomic E-state index is 13.8. The van der Waals surface area contributed by atoms with Crippen LogP contribution in [0.2, 0.25) is 0 Å². The van der Waals surface area contributed by atoms with Crippen LogP contribution < -0.4 is 10.2 Å². The van der Waals surface area contributed by atoms with E-state index in [2.05, 4.69) is 48.3 Å². The monoisotopic (exact) mass is 463 g/mol. The lowest BCUT2D eigenvalue weighted by atomic mass is 9.66. The van der Waals surface area contributed by atoms with Gasteiger partial charge in [-0.25, -0.2) is 0 Å². The molecule has 2 amide bonds. The summed E-state index contributed by atoms with van der Waals surface area (Å²) < 4.78 is 0. The first-order valence-electron chi connectivity index (χ1n) is 12.6. The Kier molecular flexibility index (Phi) is 7.27. The number of aliphatic hydroxyl groups is 1. The van der Waals surface area contributed by atoms with E-state index in [1.165, 1.54) is 12.6 Å². The van der Waals surface area contributed by atoms with Crippen molar-refractivity contribution in [3.05, 3.63) is 59.7 Å². The zero-order valence-electron chi connectivity index (χ0n) is 20.6. The maximum Gasteiger partial charge on any atom is 0.254 e. The number of carbonyl (C=O) groups excluding carboxylic acids is 2. The predicted octanol–water partition coefficient (Wildman–Crippen LogP) is 5.00. The molecular formula is C28H37N3O3. The largest absolute Gasteiger partial charge is 0.389 e. The average Bonchev–Trinajstić information content (AvgIpc) is 2.83. The second kappa shape index (κ2) is 10.2. The molecule has 6 heteroatoms. The molecule has 4 rings (SSSR count). The van der Waals surface area contributed by atoms with Gasteiger partial charge < -0.3 is 20.2 Å². The van der Waals surface area contributed by atoms with E-state index in [4.69, 9.17) is 0 Å². The van der Waals surface area contributed by atoms with Crippen molar-refractivity contribution < 1.29 is 14.7 Å². The fraction of sp³-hybridized carbons (Fsp3) is 0.500. The number of hydrogen-bond donors (Lipinski definition) is 2. The molecule has 0 radical (unpaired) electrons. The van der Waals surface area contributed by atoms with Crippen LogP contribution in [-0.4, -0.2) is 47.1 Å². The fourth-order valence-electron chi connectivity index (χ4n) is 5.89. The van der Waals surface area contributed by atoms with Gasteiger partial charge in [0, 0.05) is 49.4 Å². The van der Waals surface area contributed by atoms with Gasteiger partial charge in [-0.1, -0.05) is 31.0 Å². The first-order valence-corrected chi connectivity index (χ1v) is 12.6. The van der Waals surface area contributed by atoms with Crippen LogP contribution in [0, 0.1) is 5.92 Å². The van der Waals surface area contributed by atoms with Crippen LogP contribution in [0.5, 0.6) is 0 Å². The number of hydrogen-bond acceptors (Lipinski definition) is 4. The summed E-state index contributed by atoms with van der Waals surface area (Å²) in [6, 6.07) is 15.5. The predicted molar refractivity (Wildman–Crippen MR) is 136 cm³/mol. The quantitative estimate of drug-likeness (QED) is 0.632. The molecule has 182 valence electrons. The molecular weight excluding hydrogens is 426 g/mol. The van der Waals surface area contributed by atoms with Crippen molar-refractivity contribution in [2.24, 2.45) is 5.92 Å². The lowest BCUT2D eigenvalue weighted by molar-refractivity contribution is -0.115. The summed E-state index contributed by atoms with van der Waals surface area (Å²) in [5.41, 5.74) is 2.69. The Morgan fingerprint density at radius 3 is 2.50 bits per heavy atom. The van der Waals surface area contributed by atoms with Gasteiger partial charge in [0.1, 0.15) is 0 Å². The number of nitrogens with one attached hydrogen (secondary N) is 1. The third-order valence-corrected chi connectivity index (χ3v) is 7.62. The highest BCUT2D eigenvalue weighted by molar-refractivity contribution is 5.97. The van der Waals surface area contributed by atoms with E-state index < -0.39 is 5.60 Å². The normalized spacial score (nSPS) is 24.3. The minimum Gasteiger partial charge on any atom is -0.389 e. The summed E-state index contributed by atoms with van der Waals surface area (Å²) in [6.45, 7) is 8.15. The topological polar surface area (TPSA) is 72.9 Å². The van der Waals surface area contributed by atoms with Crippen molar-refractivity contribution in [1.82, 2.24) is 4.90 Å². The summed E-state index contributed by atoms with van der Waals surface area (Å²) in [4.78, 5) is 29.6. The molecule has 34 heavy (non-hydrogen) atoms. The molecule has 6 nitrogen and oxygen atoms in total. The minimum absolute atomic E-state index is 0.0109. The molecule has 1 saturated heterocycles. The van der Waals surface area contributed by atoms with Crippen molar-refractivity contribution in [3.63, 3.8) is 0 Å². The maximum absolute atomic E-state index is 13.8. The van der Waals surface area contributed by atoms with Gasteiger partial charge in [0.25, 0.3) is 5.91 Å². The van der Waals surface area contributed by atoms with E-state index in [1.807, 2.05) is 4.90 Å². The van der Waals surface area contributed by atoms with E-state index in [0.29, 0.717) is 24.2 Å². The molecule has 0 bridgehead atoms. The summed E-state index contributed by atoms with van der Waals surface area (Å²) in [6.07, 6.45) is 4.41. The standard InChI is InChI=1S/C28H37N3O3/c1-4-30(5-2)24-14-12-21(13-15-24)26-25-11-6-7-16-28(25,34)17-18-31(26)27(33)22-9-8-10-23(19-22)29-20(3)32/h8-10,12-15,19,25-26,34H,4-7,11,16-18H2,1-3H3,(H,29,32)/t25-,26+,28+/m1/s1. The van der Waals surface area contributed by atoms with Crippen LogP contribution in [0.4, 0.5) is 11.4 Å². The van der Waals surface area contributed by atoms with Crippen LogP contribution in [0.15, 0.2) is 48.5 Å². The van der Waals surface area contributed by atoms with Gasteiger partial charge in [-0.15, -0.1) is 0 Å². The Balaban J connectivity index is 1.69. The van der Waals surface area contributed by atoms with Gasteiger partial charge in [0.15, 0.2) is 0 Å². The smallest absolute Gasteiger partial charge is 0.254 e. The number of benzene rings is 2. The number of likely N-dealkylation sites (tertiary alicyclic amines) is 1. The number of fused-ring (bicyclic) bond motifs is 1. The molecule has 3 atom stereocenters. The zero-order valence-corrected chi connectivity index (χ0v) is 20.6. The van der Waals surface area contributed by atoms with Gasteiger partial charge >= 0.3 is 0 Å². The fourth-order valence-corrected chi connectivity index (χ4v) is 5.89. The molecule has 1 aliphatic carbocycles. The summed E-state index contributed by atoms with van der Waals surface area (Å²) in [7, 11) is 0. The Morgan fingerprint density at radius 1 is 1.09 bits per heavy atom. The van der Waals surface area contributed by atoms with Crippen LogP contribution >= 0.6 is 0 Å². The second-order valence-corrected chi connectivity index (χ2v) is 9.68. The Bertz CT molecular complexity index is 1020. The Morgan fingerprint density at radius 2 is 1.82 bits per heavy atom. The van der Waals surface area contributed by atoms with Crippen molar-refractivity contribution in [2.75, 3.05) is 29.9 Å². The highest BCUT2D eigenvalue weighted by Gasteiger charge is 2.50. The number of carbonyl (C=O) groups is 2. The van der Waals surface area contributed by atoms with Crippen molar-refractivity contribution in [2.45, 2.75) is 64.5 Å². The second-order valence-electron chi connectivity index (χ2n) is 9.68. The van der Waals surface area contributed by atoms with E-state index >= 15 is 0 Å². The minimum atomic E-state index is -0.727. The van der Waals surface area contributed by atoms with Gasteiger partial charge in [0.05, 0.1) is 11.6 Å². The van der Waals surface area contributed by atoms with Gasteiger partial charge in [-0.3, -0.25) is 9.59 Å². The van der Waals surface area contributed by atoms with Crippen molar-refractivity contribution in [3.8, 4) is 0 Å². The molecule has 2 N–H and O–H groups in total. The summed E-state index contributed by atoms with van der Waals surface area (Å²) in [5, 5.41) is 14.3. The SMILES string of the molecule is CCN(CC)c1ccc([C@H]2[C@H]3CCCC[C@]3(O)CCN2C(=O)c2cccc(NC(C)=O)c2)cc1. The molecule has 2 aromatic rings. The first kappa shape index (κ1) is 24.3. The lowest BCUT2D eigenvalue weighted by Crippen LogP contribution is -2.56. The summed E-state index contributed by atoms with van der Waals surface area (Å²) >= 11 is 0.